The van der Waals surface area contributed by atoms with Crippen LogP contribution in [0.3, 0.4) is 0 Å². The SMILES string of the molecule is COc1cccc(OC)c1C1CC(C)C(=O)N1Cc1csc(-c2ccccc2)n1. The van der Waals surface area contributed by atoms with E-state index >= 15 is 0 Å². The van der Waals surface area contributed by atoms with Gasteiger partial charge in [-0.15, -0.1) is 11.3 Å². The molecular formula is C23H24N2O3S. The Morgan fingerprint density at radius 1 is 1.07 bits per heavy atom. The molecule has 29 heavy (non-hydrogen) atoms. The number of rotatable bonds is 6. The van der Waals surface area contributed by atoms with Gasteiger partial charge in [0.05, 0.1) is 38.1 Å². The van der Waals surface area contributed by atoms with E-state index in [0.717, 1.165) is 39.7 Å². The first kappa shape index (κ1) is 19.5. The third-order valence-corrected chi connectivity index (χ3v) is 6.30. The number of benzene rings is 2. The van der Waals surface area contributed by atoms with Gasteiger partial charge in [-0.3, -0.25) is 4.79 Å². The summed E-state index contributed by atoms with van der Waals surface area (Å²) in [6.07, 6.45) is 0.727. The molecule has 2 aromatic carbocycles. The van der Waals surface area contributed by atoms with Crippen LogP contribution in [-0.4, -0.2) is 30.0 Å². The molecule has 1 aromatic heterocycles. The largest absolute Gasteiger partial charge is 0.496 e. The maximum Gasteiger partial charge on any atom is 0.226 e. The van der Waals surface area contributed by atoms with Crippen molar-refractivity contribution in [2.45, 2.75) is 25.9 Å². The lowest BCUT2D eigenvalue weighted by Gasteiger charge is -2.27. The number of hydrogen-bond acceptors (Lipinski definition) is 5. The van der Waals surface area contributed by atoms with Gasteiger partial charge < -0.3 is 14.4 Å². The minimum atomic E-state index is -0.106. The van der Waals surface area contributed by atoms with Gasteiger partial charge in [0.1, 0.15) is 16.5 Å². The summed E-state index contributed by atoms with van der Waals surface area (Å²) in [6, 6.07) is 15.7. The summed E-state index contributed by atoms with van der Waals surface area (Å²) in [7, 11) is 3.30. The van der Waals surface area contributed by atoms with Gasteiger partial charge in [-0.1, -0.05) is 43.3 Å². The maximum absolute atomic E-state index is 13.0. The molecule has 3 aromatic rings. The Bertz CT molecular complexity index is 980. The van der Waals surface area contributed by atoms with Crippen molar-refractivity contribution in [1.29, 1.82) is 0 Å². The Hall–Kier alpha value is -2.86. The van der Waals surface area contributed by atoms with Gasteiger partial charge >= 0.3 is 0 Å². The number of nitrogens with zero attached hydrogens (tertiary/aromatic N) is 2. The molecular weight excluding hydrogens is 384 g/mol. The highest BCUT2D eigenvalue weighted by Gasteiger charge is 2.40. The van der Waals surface area contributed by atoms with E-state index in [1.165, 1.54) is 0 Å². The Labute approximate surface area is 174 Å². The first-order valence-electron chi connectivity index (χ1n) is 9.63. The van der Waals surface area contributed by atoms with Crippen molar-refractivity contribution in [3.8, 4) is 22.1 Å². The fourth-order valence-corrected chi connectivity index (χ4v) is 4.75. The molecule has 1 amide bonds. The Morgan fingerprint density at radius 2 is 1.76 bits per heavy atom. The standard InChI is InChI=1S/C23H24N2O3S/c1-15-12-18(21-19(27-2)10-7-11-20(21)28-3)25(23(15)26)13-17-14-29-22(24-17)16-8-5-4-6-9-16/h4-11,14-15,18H,12-13H2,1-3H3. The molecule has 2 unspecified atom stereocenters. The zero-order valence-electron chi connectivity index (χ0n) is 16.8. The maximum atomic E-state index is 13.0. The lowest BCUT2D eigenvalue weighted by atomic mass is 9.98. The van der Waals surface area contributed by atoms with Gasteiger partial charge in [-0.2, -0.15) is 0 Å². The molecule has 1 fully saturated rings. The normalized spacial score (nSPS) is 18.9. The molecule has 0 radical (unpaired) electrons. The van der Waals surface area contributed by atoms with Crippen LogP contribution in [0.2, 0.25) is 0 Å². The summed E-state index contributed by atoms with van der Waals surface area (Å²) in [5.41, 5.74) is 2.91. The van der Waals surface area contributed by atoms with Crippen LogP contribution in [0.1, 0.15) is 30.6 Å². The fourth-order valence-electron chi connectivity index (χ4n) is 3.94. The van der Waals surface area contributed by atoms with Gasteiger partial charge in [0.25, 0.3) is 0 Å². The Morgan fingerprint density at radius 3 is 2.41 bits per heavy atom. The predicted molar refractivity (Wildman–Crippen MR) is 114 cm³/mol. The van der Waals surface area contributed by atoms with Crippen molar-refractivity contribution >= 4 is 17.2 Å². The van der Waals surface area contributed by atoms with E-state index in [1.54, 1.807) is 25.6 Å². The summed E-state index contributed by atoms with van der Waals surface area (Å²) in [6.45, 7) is 2.45. The summed E-state index contributed by atoms with van der Waals surface area (Å²) in [4.78, 5) is 19.7. The first-order valence-corrected chi connectivity index (χ1v) is 10.5. The minimum absolute atomic E-state index is 0.0538. The van der Waals surface area contributed by atoms with Crippen molar-refractivity contribution in [3.05, 3.63) is 65.2 Å². The smallest absolute Gasteiger partial charge is 0.226 e. The molecule has 0 spiro atoms. The van der Waals surface area contributed by atoms with Crippen LogP contribution in [-0.2, 0) is 11.3 Å². The Kier molecular flexibility index (Phi) is 5.53. The van der Waals surface area contributed by atoms with Crippen LogP contribution in [0, 0.1) is 5.92 Å². The monoisotopic (exact) mass is 408 g/mol. The van der Waals surface area contributed by atoms with E-state index < -0.39 is 0 Å². The highest BCUT2D eigenvalue weighted by molar-refractivity contribution is 7.13. The van der Waals surface area contributed by atoms with E-state index in [2.05, 4.69) is 0 Å². The van der Waals surface area contributed by atoms with Crippen molar-refractivity contribution in [1.82, 2.24) is 9.88 Å². The van der Waals surface area contributed by atoms with Crippen molar-refractivity contribution in [2.75, 3.05) is 14.2 Å². The van der Waals surface area contributed by atoms with Gasteiger partial charge in [-0.05, 0) is 18.6 Å². The number of carbonyl (C=O) groups is 1. The molecule has 6 heteroatoms. The molecule has 0 saturated carbocycles. The van der Waals surface area contributed by atoms with Crippen molar-refractivity contribution in [2.24, 2.45) is 5.92 Å². The average Bonchev–Trinajstić information content (AvgIpc) is 3.34. The summed E-state index contributed by atoms with van der Waals surface area (Å²) < 4.78 is 11.2. The van der Waals surface area contributed by atoms with Crippen LogP contribution in [0.15, 0.2) is 53.9 Å². The van der Waals surface area contributed by atoms with Gasteiger partial charge in [0, 0.05) is 16.9 Å². The second kappa shape index (κ2) is 8.25. The van der Waals surface area contributed by atoms with Crippen LogP contribution in [0.25, 0.3) is 10.6 Å². The molecule has 0 bridgehead atoms. The second-order valence-corrected chi connectivity index (χ2v) is 8.06. The zero-order chi connectivity index (χ0) is 20.4. The third-order valence-electron chi connectivity index (χ3n) is 5.36. The number of carbonyl (C=O) groups excluding carboxylic acids is 1. The quantitative estimate of drug-likeness (QED) is 0.580. The number of hydrogen-bond donors (Lipinski definition) is 0. The average molecular weight is 409 g/mol. The number of ether oxygens (including phenoxy) is 2. The molecule has 2 heterocycles. The number of amides is 1. The third kappa shape index (κ3) is 3.72. The molecule has 1 saturated heterocycles. The van der Waals surface area contributed by atoms with Crippen LogP contribution in [0.5, 0.6) is 11.5 Å². The van der Waals surface area contributed by atoms with Crippen LogP contribution in [0.4, 0.5) is 0 Å². The first-order chi connectivity index (χ1) is 14.1. The number of likely N-dealkylation sites (tertiary alicyclic amines) is 1. The number of thiazole rings is 1. The zero-order valence-corrected chi connectivity index (χ0v) is 17.6. The topological polar surface area (TPSA) is 51.7 Å². The molecule has 5 nitrogen and oxygen atoms in total. The molecule has 1 aliphatic rings. The number of methoxy groups -OCH3 is 2. The lowest BCUT2D eigenvalue weighted by molar-refractivity contribution is -0.132. The summed E-state index contributed by atoms with van der Waals surface area (Å²) in [5.74, 6) is 1.56. The molecule has 2 atom stereocenters. The molecule has 0 aliphatic carbocycles. The lowest BCUT2D eigenvalue weighted by Crippen LogP contribution is -2.29. The predicted octanol–water partition coefficient (Wildman–Crippen LogP) is 4.94. The summed E-state index contributed by atoms with van der Waals surface area (Å²) >= 11 is 1.60. The van der Waals surface area contributed by atoms with Gasteiger partial charge in [-0.25, -0.2) is 4.98 Å². The van der Waals surface area contributed by atoms with Gasteiger partial charge in [0.2, 0.25) is 5.91 Å². The Balaban J connectivity index is 1.66. The van der Waals surface area contributed by atoms with E-state index in [4.69, 9.17) is 14.5 Å². The molecule has 4 rings (SSSR count). The van der Waals surface area contributed by atoms with Gasteiger partial charge in [0.15, 0.2) is 0 Å². The highest BCUT2D eigenvalue weighted by atomic mass is 32.1. The van der Waals surface area contributed by atoms with E-state index in [1.807, 2.05) is 65.7 Å². The van der Waals surface area contributed by atoms with Crippen molar-refractivity contribution < 1.29 is 14.3 Å². The summed E-state index contributed by atoms with van der Waals surface area (Å²) in [5, 5.41) is 3.00. The fraction of sp³-hybridized carbons (Fsp3) is 0.304. The highest BCUT2D eigenvalue weighted by Crippen LogP contribution is 2.45. The van der Waals surface area contributed by atoms with Crippen molar-refractivity contribution in [3.63, 3.8) is 0 Å². The second-order valence-electron chi connectivity index (χ2n) is 7.20. The van der Waals surface area contributed by atoms with Crippen LogP contribution >= 0.6 is 11.3 Å². The molecule has 150 valence electrons. The molecule has 1 aliphatic heterocycles. The number of aromatic nitrogens is 1. The van der Waals surface area contributed by atoms with E-state index in [-0.39, 0.29) is 17.9 Å². The van der Waals surface area contributed by atoms with Crippen LogP contribution < -0.4 is 9.47 Å². The van der Waals surface area contributed by atoms with E-state index in [0.29, 0.717) is 6.54 Å². The van der Waals surface area contributed by atoms with E-state index in [9.17, 15) is 4.79 Å². The molecule has 0 N–H and O–H groups in total. The minimum Gasteiger partial charge on any atom is -0.496 e.